The minimum Gasteiger partial charge on any atom is -0.308 e. The zero-order chi connectivity index (χ0) is 10.3. The van der Waals surface area contributed by atoms with E-state index in [0.29, 0.717) is 6.04 Å². The Kier molecular flexibility index (Phi) is 2.18. The van der Waals surface area contributed by atoms with Crippen molar-refractivity contribution in [2.24, 2.45) is 0 Å². The van der Waals surface area contributed by atoms with Gasteiger partial charge in [0.05, 0.1) is 10.2 Å². The maximum absolute atomic E-state index is 12.9. The standard InChI is InChI=1S/C11H11FN2S/c12-7-1-4-9-10(5-7)15-11(14-9)6-13-8-2-3-8/h1,4-5,8,13H,2-3,6H2. The molecule has 0 radical (unpaired) electrons. The Bertz CT molecular complexity index is 490. The molecule has 2 aromatic rings. The molecular weight excluding hydrogens is 211 g/mol. The van der Waals surface area contributed by atoms with Crippen molar-refractivity contribution in [3.8, 4) is 0 Å². The normalized spacial score (nSPS) is 16.1. The van der Waals surface area contributed by atoms with Crippen molar-refractivity contribution in [3.63, 3.8) is 0 Å². The van der Waals surface area contributed by atoms with Gasteiger partial charge in [0.1, 0.15) is 10.8 Å². The van der Waals surface area contributed by atoms with Gasteiger partial charge in [-0.1, -0.05) is 0 Å². The second-order valence-electron chi connectivity index (χ2n) is 3.87. The predicted octanol–water partition coefficient (Wildman–Crippen LogP) is 2.69. The van der Waals surface area contributed by atoms with E-state index in [4.69, 9.17) is 0 Å². The lowest BCUT2D eigenvalue weighted by Gasteiger charge is -1.96. The van der Waals surface area contributed by atoms with Crippen LogP contribution in [0.1, 0.15) is 17.8 Å². The number of halogens is 1. The Morgan fingerprint density at radius 3 is 3.13 bits per heavy atom. The van der Waals surface area contributed by atoms with Crippen LogP contribution in [-0.2, 0) is 6.54 Å². The summed E-state index contributed by atoms with van der Waals surface area (Å²) in [6.45, 7) is 0.811. The SMILES string of the molecule is Fc1ccc2nc(CNC3CC3)sc2c1. The van der Waals surface area contributed by atoms with Gasteiger partial charge in [0, 0.05) is 12.6 Å². The summed E-state index contributed by atoms with van der Waals surface area (Å²) in [6, 6.07) is 5.43. The van der Waals surface area contributed by atoms with Gasteiger partial charge in [-0.3, -0.25) is 0 Å². The molecule has 78 valence electrons. The predicted molar refractivity (Wildman–Crippen MR) is 59.4 cm³/mol. The monoisotopic (exact) mass is 222 g/mol. The summed E-state index contributed by atoms with van der Waals surface area (Å²) in [4.78, 5) is 4.44. The highest BCUT2D eigenvalue weighted by Gasteiger charge is 2.20. The second-order valence-corrected chi connectivity index (χ2v) is 4.99. The van der Waals surface area contributed by atoms with E-state index in [2.05, 4.69) is 10.3 Å². The number of nitrogens with zero attached hydrogens (tertiary/aromatic N) is 1. The summed E-state index contributed by atoms with van der Waals surface area (Å²) in [5.41, 5.74) is 0.897. The lowest BCUT2D eigenvalue weighted by Crippen LogP contribution is -2.14. The molecule has 1 aliphatic rings. The zero-order valence-corrected chi connectivity index (χ0v) is 8.98. The Labute approximate surface area is 91.1 Å². The summed E-state index contributed by atoms with van der Waals surface area (Å²) in [5, 5.41) is 4.45. The number of aromatic nitrogens is 1. The van der Waals surface area contributed by atoms with E-state index in [1.54, 1.807) is 23.5 Å². The molecule has 0 amide bonds. The minimum absolute atomic E-state index is 0.187. The van der Waals surface area contributed by atoms with E-state index in [0.717, 1.165) is 21.8 Å². The molecule has 1 saturated carbocycles. The van der Waals surface area contributed by atoms with Gasteiger partial charge in [-0.25, -0.2) is 9.37 Å². The fourth-order valence-corrected chi connectivity index (χ4v) is 2.48. The molecule has 0 bridgehead atoms. The Balaban J connectivity index is 1.84. The molecule has 0 unspecified atom stereocenters. The molecule has 1 heterocycles. The van der Waals surface area contributed by atoms with Crippen molar-refractivity contribution >= 4 is 21.6 Å². The van der Waals surface area contributed by atoms with E-state index < -0.39 is 0 Å². The van der Waals surface area contributed by atoms with E-state index in [1.165, 1.54) is 18.9 Å². The summed E-state index contributed by atoms with van der Waals surface area (Å²) >= 11 is 1.57. The molecule has 15 heavy (non-hydrogen) atoms. The van der Waals surface area contributed by atoms with E-state index in [-0.39, 0.29) is 5.82 Å². The average molecular weight is 222 g/mol. The highest BCUT2D eigenvalue weighted by molar-refractivity contribution is 7.18. The quantitative estimate of drug-likeness (QED) is 0.863. The lowest BCUT2D eigenvalue weighted by atomic mass is 10.3. The molecule has 0 spiro atoms. The molecule has 3 rings (SSSR count). The van der Waals surface area contributed by atoms with Crippen LogP contribution >= 0.6 is 11.3 Å². The van der Waals surface area contributed by atoms with Crippen molar-refractivity contribution in [1.29, 1.82) is 0 Å². The number of hydrogen-bond donors (Lipinski definition) is 1. The molecule has 1 aromatic heterocycles. The maximum atomic E-state index is 12.9. The van der Waals surface area contributed by atoms with Crippen LogP contribution < -0.4 is 5.32 Å². The molecule has 1 N–H and O–H groups in total. The van der Waals surface area contributed by atoms with Crippen molar-refractivity contribution in [2.45, 2.75) is 25.4 Å². The van der Waals surface area contributed by atoms with Crippen molar-refractivity contribution in [2.75, 3.05) is 0 Å². The van der Waals surface area contributed by atoms with Crippen LogP contribution in [0.5, 0.6) is 0 Å². The lowest BCUT2D eigenvalue weighted by molar-refractivity contribution is 0.630. The van der Waals surface area contributed by atoms with Crippen molar-refractivity contribution in [1.82, 2.24) is 10.3 Å². The first-order valence-corrected chi connectivity index (χ1v) is 5.91. The van der Waals surface area contributed by atoms with Gasteiger partial charge < -0.3 is 5.32 Å². The number of thiazole rings is 1. The molecule has 0 atom stereocenters. The first-order chi connectivity index (χ1) is 7.31. The molecule has 0 aliphatic heterocycles. The van der Waals surface area contributed by atoms with Gasteiger partial charge in [0.15, 0.2) is 0 Å². The number of hydrogen-bond acceptors (Lipinski definition) is 3. The molecule has 1 fully saturated rings. The summed E-state index contributed by atoms with van der Waals surface area (Å²) in [6.07, 6.45) is 2.55. The highest BCUT2D eigenvalue weighted by atomic mass is 32.1. The van der Waals surface area contributed by atoms with Crippen LogP contribution in [0.2, 0.25) is 0 Å². The largest absolute Gasteiger partial charge is 0.308 e. The average Bonchev–Trinajstić information content (AvgIpc) is 2.95. The second kappa shape index (κ2) is 3.54. The molecule has 0 saturated heterocycles. The third kappa shape index (κ3) is 2.01. The van der Waals surface area contributed by atoms with Crippen molar-refractivity contribution in [3.05, 3.63) is 29.0 Å². The van der Waals surface area contributed by atoms with Crippen LogP contribution in [0, 0.1) is 5.82 Å². The Morgan fingerprint density at radius 1 is 1.47 bits per heavy atom. The van der Waals surface area contributed by atoms with E-state index >= 15 is 0 Å². The molecular formula is C11H11FN2S. The molecule has 2 nitrogen and oxygen atoms in total. The van der Waals surface area contributed by atoms with Gasteiger partial charge in [-0.05, 0) is 31.0 Å². The Hall–Kier alpha value is -1.00. The number of fused-ring (bicyclic) bond motifs is 1. The minimum atomic E-state index is -0.187. The number of benzene rings is 1. The topological polar surface area (TPSA) is 24.9 Å². The number of nitrogens with one attached hydrogen (secondary N) is 1. The van der Waals surface area contributed by atoms with Gasteiger partial charge >= 0.3 is 0 Å². The number of rotatable bonds is 3. The summed E-state index contributed by atoms with van der Waals surface area (Å²) < 4.78 is 13.9. The van der Waals surface area contributed by atoms with Gasteiger partial charge in [-0.15, -0.1) is 11.3 Å². The highest BCUT2D eigenvalue weighted by Crippen LogP contribution is 2.24. The van der Waals surface area contributed by atoms with Gasteiger partial charge in [0.25, 0.3) is 0 Å². The van der Waals surface area contributed by atoms with Crippen LogP contribution in [-0.4, -0.2) is 11.0 Å². The molecule has 4 heteroatoms. The Morgan fingerprint density at radius 2 is 2.33 bits per heavy atom. The van der Waals surface area contributed by atoms with E-state index in [1.807, 2.05) is 0 Å². The fraction of sp³-hybridized carbons (Fsp3) is 0.364. The van der Waals surface area contributed by atoms with E-state index in [9.17, 15) is 4.39 Å². The third-order valence-corrected chi connectivity index (χ3v) is 3.53. The smallest absolute Gasteiger partial charge is 0.124 e. The first-order valence-electron chi connectivity index (χ1n) is 5.09. The zero-order valence-electron chi connectivity index (χ0n) is 8.16. The molecule has 1 aliphatic carbocycles. The maximum Gasteiger partial charge on any atom is 0.124 e. The van der Waals surface area contributed by atoms with Crippen molar-refractivity contribution < 1.29 is 4.39 Å². The van der Waals surface area contributed by atoms with Crippen LogP contribution in [0.4, 0.5) is 4.39 Å². The molecule has 1 aromatic carbocycles. The van der Waals surface area contributed by atoms with Gasteiger partial charge in [0.2, 0.25) is 0 Å². The third-order valence-electron chi connectivity index (χ3n) is 2.51. The first kappa shape index (κ1) is 9.24. The van der Waals surface area contributed by atoms with Crippen LogP contribution in [0.25, 0.3) is 10.2 Å². The summed E-state index contributed by atoms with van der Waals surface area (Å²) in [5.74, 6) is -0.187. The van der Waals surface area contributed by atoms with Crippen LogP contribution in [0.15, 0.2) is 18.2 Å². The summed E-state index contributed by atoms with van der Waals surface area (Å²) in [7, 11) is 0. The van der Waals surface area contributed by atoms with Crippen LogP contribution in [0.3, 0.4) is 0 Å². The fourth-order valence-electron chi connectivity index (χ4n) is 1.54. The van der Waals surface area contributed by atoms with Gasteiger partial charge in [-0.2, -0.15) is 0 Å².